The first-order valence-corrected chi connectivity index (χ1v) is 8.70. The summed E-state index contributed by atoms with van der Waals surface area (Å²) in [5, 5.41) is 8.02. The van der Waals surface area contributed by atoms with Gasteiger partial charge in [-0.05, 0) is 36.5 Å². The molecule has 0 aliphatic heterocycles. The highest BCUT2D eigenvalue weighted by Crippen LogP contribution is 2.24. The second-order valence-corrected chi connectivity index (χ2v) is 6.10. The summed E-state index contributed by atoms with van der Waals surface area (Å²) in [6, 6.07) is 7.47. The van der Waals surface area contributed by atoms with Crippen molar-refractivity contribution in [2.75, 3.05) is 24.3 Å². The number of ether oxygens (including phenoxy) is 1. The minimum Gasteiger partial charge on any atom is -0.453 e. The quantitative estimate of drug-likeness (QED) is 0.718. The van der Waals surface area contributed by atoms with Crippen LogP contribution in [0.5, 0.6) is 0 Å². The predicted octanol–water partition coefficient (Wildman–Crippen LogP) is 2.56. The van der Waals surface area contributed by atoms with E-state index >= 15 is 0 Å². The van der Waals surface area contributed by atoms with Crippen LogP contribution in [0.15, 0.2) is 24.3 Å². The van der Waals surface area contributed by atoms with E-state index in [9.17, 15) is 14.4 Å². The summed E-state index contributed by atoms with van der Waals surface area (Å²) >= 11 is 0.967. The highest BCUT2D eigenvalue weighted by atomic mass is 32.1. The zero-order valence-electron chi connectivity index (χ0n) is 14.7. The van der Waals surface area contributed by atoms with Crippen LogP contribution in [0.2, 0.25) is 0 Å². The largest absolute Gasteiger partial charge is 0.453 e. The Morgan fingerprint density at radius 1 is 1.19 bits per heavy atom. The van der Waals surface area contributed by atoms with Crippen LogP contribution in [0, 0.1) is 6.92 Å². The van der Waals surface area contributed by atoms with E-state index in [0.29, 0.717) is 5.69 Å². The molecule has 0 spiro atoms. The van der Waals surface area contributed by atoms with Gasteiger partial charge in [0.25, 0.3) is 5.91 Å². The zero-order valence-corrected chi connectivity index (χ0v) is 15.5. The number of nitrogens with one attached hydrogen (secondary N) is 3. The number of para-hydroxylation sites is 1. The molecule has 0 saturated carbocycles. The van der Waals surface area contributed by atoms with Crippen LogP contribution in [-0.4, -0.2) is 35.9 Å². The summed E-state index contributed by atoms with van der Waals surface area (Å²) in [6.45, 7) is 3.43. The van der Waals surface area contributed by atoms with Crippen molar-refractivity contribution in [1.82, 2.24) is 9.69 Å². The molecule has 0 aliphatic rings. The average Bonchev–Trinajstić information content (AvgIpc) is 3.00. The summed E-state index contributed by atoms with van der Waals surface area (Å²) in [6.07, 6.45) is 0.0853. The summed E-state index contributed by atoms with van der Waals surface area (Å²) < 4.78 is 8.57. The zero-order chi connectivity index (χ0) is 19.1. The molecule has 1 aromatic heterocycles. The van der Waals surface area contributed by atoms with Gasteiger partial charge < -0.3 is 15.4 Å². The normalized spacial score (nSPS) is 10.1. The van der Waals surface area contributed by atoms with E-state index in [2.05, 4.69) is 25.1 Å². The van der Waals surface area contributed by atoms with Gasteiger partial charge in [-0.15, -0.1) is 0 Å². The first-order valence-electron chi connectivity index (χ1n) is 7.93. The van der Waals surface area contributed by atoms with Crippen molar-refractivity contribution in [2.24, 2.45) is 0 Å². The van der Waals surface area contributed by atoms with Crippen molar-refractivity contribution in [3.63, 3.8) is 0 Å². The van der Waals surface area contributed by atoms with Crippen molar-refractivity contribution in [2.45, 2.75) is 20.3 Å². The first kappa shape index (κ1) is 19.4. The van der Waals surface area contributed by atoms with Crippen molar-refractivity contribution >= 4 is 40.1 Å². The van der Waals surface area contributed by atoms with Gasteiger partial charge in [0.05, 0.1) is 24.9 Å². The Bertz CT molecular complexity index is 819. The standard InChI is InChI=1S/C17H20N4O4S/c1-4-11-7-5-6-8-12(11)19-13(22)9-18-15(23)14-10(2)21-26-16(14)20-17(24)25-3/h5-8H,4,9H2,1-3H3,(H,18,23)(H,19,22)(H,20,24). The molecule has 0 bridgehead atoms. The SMILES string of the molecule is CCc1ccccc1NC(=O)CNC(=O)c1c(C)nsc1NC(=O)OC. The van der Waals surface area contributed by atoms with Gasteiger partial charge in [0, 0.05) is 5.69 Å². The Hall–Kier alpha value is -2.94. The number of amides is 3. The Kier molecular flexibility index (Phi) is 6.67. The Morgan fingerprint density at radius 2 is 1.92 bits per heavy atom. The first-order chi connectivity index (χ1) is 12.5. The van der Waals surface area contributed by atoms with Crippen LogP contribution in [0.3, 0.4) is 0 Å². The van der Waals surface area contributed by atoms with E-state index < -0.39 is 12.0 Å². The van der Waals surface area contributed by atoms with Crippen molar-refractivity contribution in [3.05, 3.63) is 41.1 Å². The number of aryl methyl sites for hydroxylation is 2. The molecule has 0 radical (unpaired) electrons. The highest BCUT2D eigenvalue weighted by molar-refractivity contribution is 7.11. The summed E-state index contributed by atoms with van der Waals surface area (Å²) in [5.41, 5.74) is 2.39. The number of rotatable bonds is 6. The molecule has 0 unspecified atom stereocenters. The van der Waals surface area contributed by atoms with E-state index in [1.807, 2.05) is 31.2 Å². The minimum absolute atomic E-state index is 0.205. The molecule has 9 heteroatoms. The van der Waals surface area contributed by atoms with Gasteiger partial charge >= 0.3 is 6.09 Å². The third-order valence-corrected chi connectivity index (χ3v) is 4.43. The fourth-order valence-corrected chi connectivity index (χ4v) is 3.04. The second-order valence-electron chi connectivity index (χ2n) is 5.33. The molecule has 0 atom stereocenters. The number of anilines is 2. The van der Waals surface area contributed by atoms with Crippen LogP contribution in [0.4, 0.5) is 15.5 Å². The number of hydrogen-bond acceptors (Lipinski definition) is 6. The number of nitrogens with zero attached hydrogens (tertiary/aromatic N) is 1. The second kappa shape index (κ2) is 8.95. The molecule has 0 saturated heterocycles. The van der Waals surface area contributed by atoms with Gasteiger partial charge in [-0.2, -0.15) is 4.37 Å². The Morgan fingerprint density at radius 3 is 2.62 bits per heavy atom. The van der Waals surface area contributed by atoms with Crippen LogP contribution in [0.1, 0.15) is 28.5 Å². The molecule has 0 aliphatic carbocycles. The maximum atomic E-state index is 12.4. The van der Waals surface area contributed by atoms with E-state index in [4.69, 9.17) is 0 Å². The number of carbonyl (C=O) groups is 3. The van der Waals surface area contributed by atoms with Crippen molar-refractivity contribution < 1.29 is 19.1 Å². The molecular formula is C17H20N4O4S. The molecule has 1 aromatic carbocycles. The molecular weight excluding hydrogens is 356 g/mol. The fraction of sp³-hybridized carbons (Fsp3) is 0.294. The smallest absolute Gasteiger partial charge is 0.412 e. The van der Waals surface area contributed by atoms with E-state index in [1.165, 1.54) is 7.11 Å². The van der Waals surface area contributed by atoms with Gasteiger partial charge in [-0.3, -0.25) is 14.9 Å². The third kappa shape index (κ3) is 4.79. The van der Waals surface area contributed by atoms with E-state index in [1.54, 1.807) is 6.92 Å². The van der Waals surface area contributed by atoms with Gasteiger partial charge in [-0.25, -0.2) is 4.79 Å². The topological polar surface area (TPSA) is 109 Å². The molecule has 8 nitrogen and oxygen atoms in total. The minimum atomic E-state index is -0.698. The van der Waals surface area contributed by atoms with Gasteiger partial charge in [0.1, 0.15) is 5.00 Å². The lowest BCUT2D eigenvalue weighted by atomic mass is 10.1. The average molecular weight is 376 g/mol. The monoisotopic (exact) mass is 376 g/mol. The third-order valence-electron chi connectivity index (χ3n) is 3.57. The fourth-order valence-electron chi connectivity index (χ4n) is 2.26. The molecule has 0 fully saturated rings. The van der Waals surface area contributed by atoms with Crippen molar-refractivity contribution in [3.8, 4) is 0 Å². The van der Waals surface area contributed by atoms with Gasteiger partial charge in [-0.1, -0.05) is 25.1 Å². The highest BCUT2D eigenvalue weighted by Gasteiger charge is 2.20. The Balaban J connectivity index is 1.99. The van der Waals surface area contributed by atoms with Gasteiger partial charge in [0.15, 0.2) is 0 Å². The molecule has 138 valence electrons. The summed E-state index contributed by atoms with van der Waals surface area (Å²) in [4.78, 5) is 35.8. The maximum absolute atomic E-state index is 12.4. The lowest BCUT2D eigenvalue weighted by Crippen LogP contribution is -2.33. The summed E-state index contributed by atoms with van der Waals surface area (Å²) in [5.74, 6) is -0.843. The van der Waals surface area contributed by atoms with E-state index in [-0.39, 0.29) is 23.0 Å². The number of aromatic nitrogens is 1. The predicted molar refractivity (Wildman–Crippen MR) is 99.7 cm³/mol. The number of hydrogen-bond donors (Lipinski definition) is 3. The van der Waals surface area contributed by atoms with Crippen LogP contribution in [-0.2, 0) is 16.0 Å². The van der Waals surface area contributed by atoms with Gasteiger partial charge in [0.2, 0.25) is 5.91 Å². The lowest BCUT2D eigenvalue weighted by molar-refractivity contribution is -0.115. The van der Waals surface area contributed by atoms with Crippen LogP contribution in [0.25, 0.3) is 0 Å². The number of benzene rings is 1. The van der Waals surface area contributed by atoms with Crippen LogP contribution < -0.4 is 16.0 Å². The van der Waals surface area contributed by atoms with Crippen molar-refractivity contribution in [1.29, 1.82) is 0 Å². The molecule has 1 heterocycles. The number of carbonyl (C=O) groups excluding carboxylic acids is 3. The maximum Gasteiger partial charge on any atom is 0.412 e. The lowest BCUT2D eigenvalue weighted by Gasteiger charge is -2.11. The Labute approximate surface area is 155 Å². The number of methoxy groups -OCH3 is 1. The molecule has 2 rings (SSSR count). The summed E-state index contributed by atoms with van der Waals surface area (Å²) in [7, 11) is 1.22. The van der Waals surface area contributed by atoms with E-state index in [0.717, 1.165) is 29.2 Å². The molecule has 3 N–H and O–H groups in total. The molecule has 2 aromatic rings. The molecule has 3 amide bonds. The molecule has 26 heavy (non-hydrogen) atoms. The van der Waals surface area contributed by atoms with Crippen LogP contribution >= 0.6 is 11.5 Å².